The fourth-order valence-corrected chi connectivity index (χ4v) is 3.32. The topological polar surface area (TPSA) is 111 Å². The van der Waals surface area contributed by atoms with E-state index in [0.717, 1.165) is 25.9 Å². The van der Waals surface area contributed by atoms with Gasteiger partial charge < -0.3 is 30.5 Å². The van der Waals surface area contributed by atoms with Crippen molar-refractivity contribution < 1.29 is 24.5 Å². The van der Waals surface area contributed by atoms with Crippen molar-refractivity contribution in [2.24, 2.45) is 0 Å². The molecule has 0 saturated carbocycles. The second kappa shape index (κ2) is 8.48. The van der Waals surface area contributed by atoms with Crippen molar-refractivity contribution in [2.45, 2.75) is 43.7 Å². The maximum Gasteiger partial charge on any atom is 0.319 e. The standard InChI is InChI=1S/C18H25N3O5/c22-15(21-8-4-5-9-21)10-13-16(23)17(24)14(26-13)11-19-18(25)20-12-6-2-1-3-7-12/h1-3,6-7,13-14,16-17,23-24H,4-5,8-11H2,(H2,19,20,25)/t13-,14+,16-,17+/m0/s1. The van der Waals surface area contributed by atoms with Crippen LogP contribution in [0.5, 0.6) is 0 Å². The van der Waals surface area contributed by atoms with Crippen LogP contribution in [-0.4, -0.2) is 71.1 Å². The second-order valence-corrected chi connectivity index (χ2v) is 6.69. The van der Waals surface area contributed by atoms with Gasteiger partial charge in [0.2, 0.25) is 5.91 Å². The molecule has 4 atom stereocenters. The Bertz CT molecular complexity index is 621. The Labute approximate surface area is 152 Å². The number of ether oxygens (including phenoxy) is 1. The van der Waals surface area contributed by atoms with Crippen molar-refractivity contribution >= 4 is 17.6 Å². The molecule has 2 saturated heterocycles. The van der Waals surface area contributed by atoms with Crippen LogP contribution in [-0.2, 0) is 9.53 Å². The lowest BCUT2D eigenvalue weighted by Gasteiger charge is -2.19. The average Bonchev–Trinajstić information content (AvgIpc) is 3.26. The number of benzene rings is 1. The lowest BCUT2D eigenvalue weighted by molar-refractivity contribution is -0.134. The van der Waals surface area contributed by atoms with E-state index in [1.807, 2.05) is 6.07 Å². The van der Waals surface area contributed by atoms with E-state index in [4.69, 9.17) is 4.74 Å². The maximum atomic E-state index is 12.2. The lowest BCUT2D eigenvalue weighted by Crippen LogP contribution is -2.41. The summed E-state index contributed by atoms with van der Waals surface area (Å²) in [7, 11) is 0. The molecule has 2 heterocycles. The number of anilines is 1. The predicted molar refractivity (Wildman–Crippen MR) is 94.6 cm³/mol. The summed E-state index contributed by atoms with van der Waals surface area (Å²) in [6.07, 6.45) is -1.80. The monoisotopic (exact) mass is 363 g/mol. The van der Waals surface area contributed by atoms with Crippen LogP contribution in [0, 0.1) is 0 Å². The molecule has 2 aliphatic heterocycles. The average molecular weight is 363 g/mol. The number of aliphatic hydroxyl groups excluding tert-OH is 2. The molecule has 3 amide bonds. The Balaban J connectivity index is 1.46. The van der Waals surface area contributed by atoms with Gasteiger partial charge in [0.15, 0.2) is 0 Å². The van der Waals surface area contributed by atoms with Crippen LogP contribution in [0.3, 0.4) is 0 Å². The molecular weight excluding hydrogens is 338 g/mol. The summed E-state index contributed by atoms with van der Waals surface area (Å²) in [5, 5.41) is 25.6. The molecule has 0 aliphatic carbocycles. The van der Waals surface area contributed by atoms with Gasteiger partial charge in [0.25, 0.3) is 0 Å². The van der Waals surface area contributed by atoms with Gasteiger partial charge in [0.05, 0.1) is 12.5 Å². The highest BCUT2D eigenvalue weighted by Crippen LogP contribution is 2.24. The zero-order chi connectivity index (χ0) is 18.5. The predicted octanol–water partition coefficient (Wildman–Crippen LogP) is 0.310. The highest BCUT2D eigenvalue weighted by molar-refractivity contribution is 5.89. The summed E-state index contributed by atoms with van der Waals surface area (Å²) < 4.78 is 5.63. The molecule has 0 aromatic heterocycles. The van der Waals surface area contributed by atoms with E-state index in [9.17, 15) is 19.8 Å². The normalized spacial score (nSPS) is 28.2. The third-order valence-electron chi connectivity index (χ3n) is 4.79. The Morgan fingerprint density at radius 3 is 2.42 bits per heavy atom. The molecule has 0 bridgehead atoms. The molecule has 2 aliphatic rings. The molecule has 1 aromatic rings. The first kappa shape index (κ1) is 18.6. The minimum absolute atomic E-state index is 0.0327. The van der Waals surface area contributed by atoms with Crippen molar-refractivity contribution in [3.63, 3.8) is 0 Å². The van der Waals surface area contributed by atoms with Crippen molar-refractivity contribution in [1.29, 1.82) is 0 Å². The SMILES string of the molecule is O=C(NC[C@H]1O[C@@H](CC(=O)N2CCCC2)[C@H](O)[C@@H]1O)Nc1ccccc1. The number of nitrogens with one attached hydrogen (secondary N) is 2. The Hall–Kier alpha value is -2.16. The quantitative estimate of drug-likeness (QED) is 0.602. The van der Waals surface area contributed by atoms with Gasteiger partial charge in [-0.2, -0.15) is 0 Å². The van der Waals surface area contributed by atoms with Gasteiger partial charge in [-0.3, -0.25) is 4.79 Å². The zero-order valence-corrected chi connectivity index (χ0v) is 14.5. The molecule has 0 unspecified atom stereocenters. The number of rotatable bonds is 5. The third-order valence-corrected chi connectivity index (χ3v) is 4.79. The van der Waals surface area contributed by atoms with Crippen LogP contribution in [0.4, 0.5) is 10.5 Å². The first-order chi connectivity index (χ1) is 12.5. The summed E-state index contributed by atoms with van der Waals surface area (Å²) in [4.78, 5) is 25.9. The molecule has 1 aromatic carbocycles. The Kier molecular flexibility index (Phi) is 6.08. The van der Waals surface area contributed by atoms with Crippen molar-refractivity contribution in [3.8, 4) is 0 Å². The van der Waals surface area contributed by atoms with Crippen LogP contribution in [0.25, 0.3) is 0 Å². The summed E-state index contributed by atoms with van der Waals surface area (Å²) in [5.74, 6) is -0.0748. The molecule has 26 heavy (non-hydrogen) atoms. The van der Waals surface area contributed by atoms with E-state index in [-0.39, 0.29) is 18.9 Å². The number of hydrogen-bond acceptors (Lipinski definition) is 5. The maximum absolute atomic E-state index is 12.2. The zero-order valence-electron chi connectivity index (χ0n) is 14.5. The highest BCUT2D eigenvalue weighted by atomic mass is 16.5. The van der Waals surface area contributed by atoms with E-state index in [0.29, 0.717) is 5.69 Å². The molecule has 0 radical (unpaired) electrons. The molecule has 142 valence electrons. The number of aliphatic hydroxyl groups is 2. The van der Waals surface area contributed by atoms with E-state index in [1.54, 1.807) is 29.2 Å². The van der Waals surface area contributed by atoms with Crippen molar-refractivity contribution in [1.82, 2.24) is 10.2 Å². The smallest absolute Gasteiger partial charge is 0.319 e. The van der Waals surface area contributed by atoms with Crippen molar-refractivity contribution in [3.05, 3.63) is 30.3 Å². The number of amides is 3. The van der Waals surface area contributed by atoms with E-state index in [2.05, 4.69) is 10.6 Å². The minimum Gasteiger partial charge on any atom is -0.388 e. The number of nitrogens with zero attached hydrogens (tertiary/aromatic N) is 1. The highest BCUT2D eigenvalue weighted by Gasteiger charge is 2.43. The van der Waals surface area contributed by atoms with Crippen LogP contribution in [0.1, 0.15) is 19.3 Å². The van der Waals surface area contributed by atoms with Crippen LogP contribution < -0.4 is 10.6 Å². The van der Waals surface area contributed by atoms with Gasteiger partial charge in [-0.15, -0.1) is 0 Å². The number of hydrogen-bond donors (Lipinski definition) is 4. The largest absolute Gasteiger partial charge is 0.388 e. The summed E-state index contributed by atoms with van der Waals surface area (Å²) in [5.41, 5.74) is 0.645. The van der Waals surface area contributed by atoms with Crippen molar-refractivity contribution in [2.75, 3.05) is 25.0 Å². The summed E-state index contributed by atoms with van der Waals surface area (Å²) in [6.45, 7) is 1.50. The van der Waals surface area contributed by atoms with Gasteiger partial charge in [0, 0.05) is 25.3 Å². The van der Waals surface area contributed by atoms with Crippen LogP contribution >= 0.6 is 0 Å². The number of carbonyl (C=O) groups is 2. The fraction of sp³-hybridized carbons (Fsp3) is 0.556. The molecular formula is C18H25N3O5. The van der Waals surface area contributed by atoms with Crippen LogP contribution in [0.15, 0.2) is 30.3 Å². The minimum atomic E-state index is -1.15. The molecule has 0 spiro atoms. The molecule has 8 heteroatoms. The number of urea groups is 1. The number of para-hydroxylation sites is 1. The summed E-state index contributed by atoms with van der Waals surface area (Å²) >= 11 is 0. The molecule has 8 nitrogen and oxygen atoms in total. The number of carbonyl (C=O) groups excluding carboxylic acids is 2. The first-order valence-electron chi connectivity index (χ1n) is 8.94. The van der Waals surface area contributed by atoms with Crippen LogP contribution in [0.2, 0.25) is 0 Å². The molecule has 3 rings (SSSR count). The van der Waals surface area contributed by atoms with Gasteiger partial charge >= 0.3 is 6.03 Å². The second-order valence-electron chi connectivity index (χ2n) is 6.69. The van der Waals surface area contributed by atoms with Gasteiger partial charge in [-0.05, 0) is 25.0 Å². The van der Waals surface area contributed by atoms with Gasteiger partial charge in [-0.25, -0.2) is 4.79 Å². The fourth-order valence-electron chi connectivity index (χ4n) is 3.32. The Morgan fingerprint density at radius 1 is 1.08 bits per heavy atom. The molecule has 4 N–H and O–H groups in total. The summed E-state index contributed by atoms with van der Waals surface area (Å²) in [6, 6.07) is 8.53. The van der Waals surface area contributed by atoms with E-state index in [1.165, 1.54) is 0 Å². The van der Waals surface area contributed by atoms with Gasteiger partial charge in [-0.1, -0.05) is 18.2 Å². The lowest BCUT2D eigenvalue weighted by atomic mass is 10.1. The van der Waals surface area contributed by atoms with E-state index < -0.39 is 30.4 Å². The number of likely N-dealkylation sites (tertiary alicyclic amines) is 1. The van der Waals surface area contributed by atoms with E-state index >= 15 is 0 Å². The molecule has 2 fully saturated rings. The third kappa shape index (κ3) is 4.51. The Morgan fingerprint density at radius 2 is 1.73 bits per heavy atom. The van der Waals surface area contributed by atoms with Gasteiger partial charge in [0.1, 0.15) is 18.3 Å². The first-order valence-corrected chi connectivity index (χ1v) is 8.94.